The van der Waals surface area contributed by atoms with Gasteiger partial charge in [-0.3, -0.25) is 19.2 Å². The third-order valence-corrected chi connectivity index (χ3v) is 10.4. The van der Waals surface area contributed by atoms with Gasteiger partial charge in [-0.05, 0) is 87.6 Å². The molecule has 0 radical (unpaired) electrons. The van der Waals surface area contributed by atoms with Gasteiger partial charge in [-0.1, -0.05) is 31.9 Å². The van der Waals surface area contributed by atoms with Crippen molar-refractivity contribution in [2.24, 2.45) is 11.8 Å². The Morgan fingerprint density at radius 1 is 0.840 bits per heavy atom. The highest BCUT2D eigenvalue weighted by Crippen LogP contribution is 2.42. The Labute approximate surface area is 291 Å². The summed E-state index contributed by atoms with van der Waals surface area (Å²) in [7, 11) is 0. The van der Waals surface area contributed by atoms with Gasteiger partial charge in [-0.25, -0.2) is 4.39 Å². The third-order valence-electron chi connectivity index (χ3n) is 10.4. The van der Waals surface area contributed by atoms with E-state index in [1.807, 2.05) is 30.3 Å². The number of carbonyl (C=O) groups excluding carboxylic acids is 3. The standard InChI is InChI=1S/C40H44FN3O6/c1-4-34(45)36-30-21-29(33(44(5-2)6-3)22-35(30)50-37(36)23-16-18-26(41)19-17-23)24-10-7-11-25(20-24)38(46)42-31-14-8-12-27(31)39(47)43-32-15-9-13-28(32)40(48)49/h7,10-11,16-22,27-28,31-32H,4-6,8-9,12-15H2,1-3H3,(H,42,46)(H,43,47)(H,48,49)/t27-,28-,31+,32+/m1/s1. The number of Topliss-reactive ketones (excluding diaryl/α,β-unsaturated/α-hetero) is 1. The molecule has 2 fully saturated rings. The molecule has 4 aromatic rings. The lowest BCUT2D eigenvalue weighted by molar-refractivity contribution is -0.142. The summed E-state index contributed by atoms with van der Waals surface area (Å²) < 4.78 is 20.1. The van der Waals surface area contributed by atoms with Crippen LogP contribution in [0.2, 0.25) is 0 Å². The van der Waals surface area contributed by atoms with E-state index in [2.05, 4.69) is 29.4 Å². The van der Waals surface area contributed by atoms with E-state index in [0.717, 1.165) is 29.7 Å². The molecular formula is C40H44FN3O6. The number of rotatable bonds is 12. The van der Waals surface area contributed by atoms with Crippen LogP contribution in [0.3, 0.4) is 0 Å². The van der Waals surface area contributed by atoms with Gasteiger partial charge in [-0.2, -0.15) is 0 Å². The predicted octanol–water partition coefficient (Wildman–Crippen LogP) is 7.61. The number of halogens is 1. The smallest absolute Gasteiger partial charge is 0.308 e. The van der Waals surface area contributed by atoms with Gasteiger partial charge in [-0.15, -0.1) is 0 Å². The molecule has 2 amide bonds. The number of nitrogens with one attached hydrogen (secondary N) is 2. The lowest BCUT2D eigenvalue weighted by Crippen LogP contribution is -2.48. The Kier molecular flexibility index (Phi) is 10.4. The zero-order valence-electron chi connectivity index (χ0n) is 28.8. The quantitative estimate of drug-likeness (QED) is 0.131. The number of anilines is 1. The number of carboxylic acids is 1. The predicted molar refractivity (Wildman–Crippen MR) is 191 cm³/mol. The van der Waals surface area contributed by atoms with Crippen LogP contribution in [-0.2, 0) is 9.59 Å². The van der Waals surface area contributed by atoms with Crippen molar-refractivity contribution in [2.75, 3.05) is 18.0 Å². The number of nitrogens with zero attached hydrogens (tertiary/aromatic N) is 1. The van der Waals surface area contributed by atoms with E-state index in [1.54, 1.807) is 25.1 Å². The summed E-state index contributed by atoms with van der Waals surface area (Å²) in [5.41, 5.74) is 4.51. The van der Waals surface area contributed by atoms with Crippen LogP contribution >= 0.6 is 0 Å². The van der Waals surface area contributed by atoms with Crippen molar-refractivity contribution in [3.8, 4) is 22.5 Å². The molecule has 3 N–H and O–H groups in total. The van der Waals surface area contributed by atoms with Gasteiger partial charge in [0.15, 0.2) is 5.78 Å². The Balaban J connectivity index is 1.32. The maximum absolute atomic E-state index is 13.8. The van der Waals surface area contributed by atoms with Crippen molar-refractivity contribution in [3.05, 3.63) is 77.6 Å². The van der Waals surface area contributed by atoms with E-state index in [1.165, 1.54) is 12.1 Å². The fourth-order valence-corrected chi connectivity index (χ4v) is 7.69. The van der Waals surface area contributed by atoms with Gasteiger partial charge in [0.05, 0.1) is 17.4 Å². The van der Waals surface area contributed by atoms with Crippen molar-refractivity contribution in [3.63, 3.8) is 0 Å². The topological polar surface area (TPSA) is 129 Å². The zero-order chi connectivity index (χ0) is 35.5. The highest BCUT2D eigenvalue weighted by Gasteiger charge is 2.39. The largest absolute Gasteiger partial charge is 0.481 e. The Morgan fingerprint density at radius 3 is 2.18 bits per heavy atom. The first kappa shape index (κ1) is 34.9. The molecule has 0 unspecified atom stereocenters. The SMILES string of the molecule is CCC(=O)c1c(-c2ccc(F)cc2)oc2cc(N(CC)CC)c(-c3cccc(C(=O)N[C@H]4CCC[C@H]4C(=O)N[C@H]4CCC[C@H]4C(=O)O)c3)cc12. The average molecular weight is 682 g/mol. The molecule has 0 saturated heterocycles. The highest BCUT2D eigenvalue weighted by atomic mass is 19.1. The normalized spacial score (nSPS) is 20.2. The molecule has 9 nitrogen and oxygen atoms in total. The molecule has 6 rings (SSSR count). The molecule has 4 atom stereocenters. The molecule has 50 heavy (non-hydrogen) atoms. The average Bonchev–Trinajstić information content (AvgIpc) is 3.87. The number of aliphatic carboxylic acids is 1. The van der Waals surface area contributed by atoms with E-state index in [4.69, 9.17) is 4.42 Å². The van der Waals surface area contributed by atoms with Crippen molar-refractivity contribution >= 4 is 40.2 Å². The summed E-state index contributed by atoms with van der Waals surface area (Å²) in [5.74, 6) is -2.48. The van der Waals surface area contributed by atoms with E-state index in [-0.39, 0.29) is 41.9 Å². The maximum atomic E-state index is 13.8. The Morgan fingerprint density at radius 2 is 1.52 bits per heavy atom. The van der Waals surface area contributed by atoms with Gasteiger partial charge in [0, 0.05) is 65.4 Å². The van der Waals surface area contributed by atoms with E-state index < -0.39 is 17.8 Å². The van der Waals surface area contributed by atoms with Gasteiger partial charge in [0.25, 0.3) is 5.91 Å². The van der Waals surface area contributed by atoms with Crippen molar-refractivity contribution in [1.82, 2.24) is 10.6 Å². The molecule has 2 saturated carbocycles. The van der Waals surface area contributed by atoms with Gasteiger partial charge < -0.3 is 25.1 Å². The number of fused-ring (bicyclic) bond motifs is 1. The summed E-state index contributed by atoms with van der Waals surface area (Å²) in [4.78, 5) is 54.3. The first-order valence-electron chi connectivity index (χ1n) is 17.7. The van der Waals surface area contributed by atoms with Gasteiger partial charge in [0.1, 0.15) is 17.2 Å². The molecule has 262 valence electrons. The molecule has 0 bridgehead atoms. The number of ketones is 1. The fraction of sp³-hybridized carbons (Fsp3) is 0.400. The Hall–Kier alpha value is -4.99. The van der Waals surface area contributed by atoms with Crippen LogP contribution in [0.15, 0.2) is 65.1 Å². The maximum Gasteiger partial charge on any atom is 0.308 e. The minimum atomic E-state index is -0.887. The second-order valence-electron chi connectivity index (χ2n) is 13.3. The molecule has 2 aliphatic rings. The van der Waals surface area contributed by atoms with Crippen LogP contribution in [0.4, 0.5) is 10.1 Å². The number of hydrogen-bond donors (Lipinski definition) is 3. The number of benzene rings is 3. The van der Waals surface area contributed by atoms with Crippen molar-refractivity contribution < 1.29 is 33.1 Å². The summed E-state index contributed by atoms with van der Waals surface area (Å²) in [6, 6.07) is 16.3. The molecular weight excluding hydrogens is 637 g/mol. The third kappa shape index (κ3) is 6.88. The molecule has 0 spiro atoms. The van der Waals surface area contributed by atoms with Crippen LogP contribution in [0.5, 0.6) is 0 Å². The lowest BCUT2D eigenvalue weighted by Gasteiger charge is -2.25. The summed E-state index contributed by atoms with van der Waals surface area (Å²) in [6.45, 7) is 7.33. The van der Waals surface area contributed by atoms with Crippen LogP contribution < -0.4 is 15.5 Å². The second kappa shape index (κ2) is 14.9. The van der Waals surface area contributed by atoms with E-state index >= 15 is 0 Å². The molecule has 2 aliphatic carbocycles. The van der Waals surface area contributed by atoms with Crippen molar-refractivity contribution in [1.29, 1.82) is 0 Å². The number of hydrogen-bond acceptors (Lipinski definition) is 6. The van der Waals surface area contributed by atoms with Crippen molar-refractivity contribution in [2.45, 2.75) is 77.8 Å². The summed E-state index contributed by atoms with van der Waals surface area (Å²) in [5, 5.41) is 16.3. The fourth-order valence-electron chi connectivity index (χ4n) is 7.69. The van der Waals surface area contributed by atoms with Gasteiger partial charge >= 0.3 is 5.97 Å². The van der Waals surface area contributed by atoms with Crippen LogP contribution in [0.25, 0.3) is 33.4 Å². The van der Waals surface area contributed by atoms with Crippen LogP contribution in [-0.4, -0.2) is 53.8 Å². The Bertz CT molecular complexity index is 1910. The second-order valence-corrected chi connectivity index (χ2v) is 13.3. The number of carbonyl (C=O) groups is 4. The molecule has 3 aromatic carbocycles. The van der Waals surface area contributed by atoms with E-state index in [0.29, 0.717) is 72.2 Å². The monoisotopic (exact) mass is 681 g/mol. The van der Waals surface area contributed by atoms with Crippen LogP contribution in [0, 0.1) is 17.7 Å². The lowest BCUT2D eigenvalue weighted by atomic mass is 9.95. The van der Waals surface area contributed by atoms with Gasteiger partial charge in [0.2, 0.25) is 5.91 Å². The first-order valence-corrected chi connectivity index (χ1v) is 17.7. The minimum absolute atomic E-state index is 0.0979. The van der Waals surface area contributed by atoms with Crippen LogP contribution in [0.1, 0.15) is 86.4 Å². The van der Waals surface area contributed by atoms with E-state index in [9.17, 15) is 28.7 Å². The molecule has 0 aliphatic heterocycles. The summed E-state index contributed by atoms with van der Waals surface area (Å²) >= 11 is 0. The summed E-state index contributed by atoms with van der Waals surface area (Å²) in [6.07, 6.45) is 4.28. The molecule has 1 heterocycles. The minimum Gasteiger partial charge on any atom is -0.481 e. The number of carboxylic acid groups (broad SMARTS) is 1. The molecule has 1 aromatic heterocycles. The first-order chi connectivity index (χ1) is 24.1. The zero-order valence-corrected chi connectivity index (χ0v) is 28.8. The number of furan rings is 1. The molecule has 10 heteroatoms. The number of amides is 2. The highest BCUT2D eigenvalue weighted by molar-refractivity contribution is 6.13.